The first-order chi connectivity index (χ1) is 15.2. The van der Waals surface area contributed by atoms with Gasteiger partial charge in [-0.25, -0.2) is 4.39 Å². The Morgan fingerprint density at radius 1 is 0.844 bits per heavy atom. The van der Waals surface area contributed by atoms with Crippen LogP contribution in [0, 0.1) is 19.7 Å². The van der Waals surface area contributed by atoms with Crippen LogP contribution in [0.2, 0.25) is 0 Å². The number of aryl methyl sites for hydroxylation is 2. The lowest BCUT2D eigenvalue weighted by molar-refractivity contribution is 0.272. The van der Waals surface area contributed by atoms with E-state index in [9.17, 15) is 34.4 Å². The fraction of sp³-hybridized carbons (Fsp3) is 0.304. The van der Waals surface area contributed by atoms with Gasteiger partial charge in [0.05, 0.1) is 30.3 Å². The molecule has 0 spiro atoms. The van der Waals surface area contributed by atoms with Crippen molar-refractivity contribution in [3.8, 4) is 11.5 Å². The number of pyridine rings is 2. The molecule has 0 radical (unpaired) electrons. The number of rotatable bonds is 7. The van der Waals surface area contributed by atoms with Crippen LogP contribution in [0.3, 0.4) is 0 Å². The van der Waals surface area contributed by atoms with Crippen LogP contribution in [0.1, 0.15) is 34.0 Å². The van der Waals surface area contributed by atoms with E-state index in [1.165, 1.54) is 39.5 Å². The maximum atomic E-state index is 14.1. The van der Waals surface area contributed by atoms with Crippen LogP contribution in [0.5, 0.6) is 11.5 Å². The lowest BCUT2D eigenvalue weighted by Gasteiger charge is -2.23. The molecule has 3 aromatic rings. The topological polar surface area (TPSA) is 125 Å². The highest BCUT2D eigenvalue weighted by atomic mass is 19.1. The molecule has 0 fully saturated rings. The Bertz CT molecular complexity index is 1190. The van der Waals surface area contributed by atoms with Crippen LogP contribution in [0.25, 0.3) is 0 Å². The van der Waals surface area contributed by atoms with Gasteiger partial charge in [-0.15, -0.1) is 0 Å². The summed E-state index contributed by atoms with van der Waals surface area (Å²) in [5.74, 6) is -2.79. The maximum absolute atomic E-state index is 14.1. The maximum Gasteiger partial charge on any atom is 0.258 e. The molecule has 3 rings (SSSR count). The normalized spacial score (nSPS) is 11.3. The van der Waals surface area contributed by atoms with E-state index in [-0.39, 0.29) is 43.0 Å². The summed E-state index contributed by atoms with van der Waals surface area (Å²) in [6.45, 7) is 2.37. The highest BCUT2D eigenvalue weighted by molar-refractivity contribution is 5.52. The fourth-order valence-corrected chi connectivity index (χ4v) is 4.00. The van der Waals surface area contributed by atoms with E-state index in [1.54, 1.807) is 13.8 Å². The van der Waals surface area contributed by atoms with Crippen molar-refractivity contribution in [2.75, 3.05) is 13.2 Å². The number of nitrogens with zero attached hydrogens (tertiary/aromatic N) is 2. The summed E-state index contributed by atoms with van der Waals surface area (Å²) in [5.41, 5.74) is -0.896. The SMILES string of the molecule is Cc1cc(O)c(C(c2cccc(F)c2)c2c(O)cc(C)n(CCO)c2=O)c(=O)n1CCO. The van der Waals surface area contributed by atoms with Gasteiger partial charge < -0.3 is 29.6 Å². The van der Waals surface area contributed by atoms with Crippen molar-refractivity contribution in [1.29, 1.82) is 0 Å². The molecule has 1 aromatic carbocycles. The van der Waals surface area contributed by atoms with E-state index < -0.39 is 34.4 Å². The summed E-state index contributed by atoms with van der Waals surface area (Å²) >= 11 is 0. The molecule has 0 saturated carbocycles. The number of aromatic hydroxyl groups is 2. The van der Waals surface area contributed by atoms with E-state index in [1.807, 2.05) is 0 Å². The Hall–Kier alpha value is -3.43. The van der Waals surface area contributed by atoms with Crippen LogP contribution >= 0.6 is 0 Å². The zero-order valence-electron chi connectivity index (χ0n) is 17.7. The molecule has 0 unspecified atom stereocenters. The molecule has 0 aliphatic carbocycles. The van der Waals surface area contributed by atoms with Gasteiger partial charge in [-0.05, 0) is 43.7 Å². The van der Waals surface area contributed by atoms with Gasteiger partial charge in [0.1, 0.15) is 17.3 Å². The number of aliphatic hydroxyl groups excluding tert-OH is 2. The Balaban J connectivity index is 2.45. The average Bonchev–Trinajstić information content (AvgIpc) is 2.72. The minimum absolute atomic E-state index is 0.0531. The van der Waals surface area contributed by atoms with E-state index >= 15 is 0 Å². The van der Waals surface area contributed by atoms with Gasteiger partial charge in [-0.2, -0.15) is 0 Å². The summed E-state index contributed by atoms with van der Waals surface area (Å²) in [7, 11) is 0. The molecule has 4 N–H and O–H groups in total. The van der Waals surface area contributed by atoms with Crippen molar-refractivity contribution < 1.29 is 24.8 Å². The van der Waals surface area contributed by atoms with E-state index in [4.69, 9.17) is 0 Å². The van der Waals surface area contributed by atoms with Gasteiger partial charge >= 0.3 is 0 Å². The highest BCUT2D eigenvalue weighted by Crippen LogP contribution is 2.37. The second-order valence-electron chi connectivity index (χ2n) is 7.52. The van der Waals surface area contributed by atoms with Gasteiger partial charge in [0.15, 0.2) is 0 Å². The fourth-order valence-electron chi connectivity index (χ4n) is 4.00. The third-order valence-corrected chi connectivity index (χ3v) is 5.45. The van der Waals surface area contributed by atoms with E-state index in [0.29, 0.717) is 11.4 Å². The van der Waals surface area contributed by atoms with E-state index in [2.05, 4.69) is 0 Å². The lowest BCUT2D eigenvalue weighted by Crippen LogP contribution is -2.33. The van der Waals surface area contributed by atoms with Crippen LogP contribution in [0.15, 0.2) is 46.0 Å². The van der Waals surface area contributed by atoms with Gasteiger partial charge in [0, 0.05) is 24.5 Å². The van der Waals surface area contributed by atoms with Crippen LogP contribution in [-0.2, 0) is 13.1 Å². The third-order valence-electron chi connectivity index (χ3n) is 5.45. The zero-order chi connectivity index (χ0) is 23.6. The van der Waals surface area contributed by atoms with Gasteiger partial charge in [-0.1, -0.05) is 12.1 Å². The third kappa shape index (κ3) is 4.17. The Kier molecular flexibility index (Phi) is 6.81. The number of benzene rings is 1. The monoisotopic (exact) mass is 444 g/mol. The molecule has 0 saturated heterocycles. The minimum atomic E-state index is -1.30. The first kappa shape index (κ1) is 23.2. The molecule has 170 valence electrons. The molecule has 0 aliphatic heterocycles. The summed E-state index contributed by atoms with van der Waals surface area (Å²) in [6, 6.07) is 7.82. The summed E-state index contributed by atoms with van der Waals surface area (Å²) < 4.78 is 16.6. The van der Waals surface area contributed by atoms with Crippen molar-refractivity contribution in [2.45, 2.75) is 32.9 Å². The number of hydrogen-bond acceptors (Lipinski definition) is 6. The van der Waals surface area contributed by atoms with Crippen molar-refractivity contribution in [3.63, 3.8) is 0 Å². The van der Waals surface area contributed by atoms with Gasteiger partial charge in [0.2, 0.25) is 0 Å². The first-order valence-corrected chi connectivity index (χ1v) is 10.0. The quantitative estimate of drug-likeness (QED) is 0.436. The van der Waals surface area contributed by atoms with Crippen LogP contribution in [0.4, 0.5) is 4.39 Å². The van der Waals surface area contributed by atoms with Crippen molar-refractivity contribution >= 4 is 0 Å². The van der Waals surface area contributed by atoms with Crippen molar-refractivity contribution in [3.05, 3.63) is 91.0 Å². The lowest BCUT2D eigenvalue weighted by atomic mass is 9.84. The molecule has 0 amide bonds. The summed E-state index contributed by atoms with van der Waals surface area (Å²) in [6.07, 6.45) is 0. The molecule has 0 aliphatic rings. The molecule has 8 nitrogen and oxygen atoms in total. The average molecular weight is 444 g/mol. The molecule has 32 heavy (non-hydrogen) atoms. The largest absolute Gasteiger partial charge is 0.507 e. The highest BCUT2D eigenvalue weighted by Gasteiger charge is 2.31. The summed E-state index contributed by atoms with van der Waals surface area (Å²) in [5, 5.41) is 40.2. The second kappa shape index (κ2) is 9.37. The van der Waals surface area contributed by atoms with Gasteiger partial charge in [-0.3, -0.25) is 9.59 Å². The molecule has 0 atom stereocenters. The smallest absolute Gasteiger partial charge is 0.258 e. The van der Waals surface area contributed by atoms with Crippen LogP contribution in [-0.4, -0.2) is 42.8 Å². The molecular weight excluding hydrogens is 419 g/mol. The zero-order valence-corrected chi connectivity index (χ0v) is 17.7. The van der Waals surface area contributed by atoms with E-state index in [0.717, 1.165) is 6.07 Å². The molecule has 9 heteroatoms. The Morgan fingerprint density at radius 3 is 1.72 bits per heavy atom. The molecular formula is C23H25FN2O6. The predicted molar refractivity (Wildman–Crippen MR) is 116 cm³/mol. The molecule has 2 aromatic heterocycles. The standard InChI is InChI=1S/C23H25FN2O6/c1-13-10-17(29)20(22(31)25(13)6-8-27)19(15-4-3-5-16(24)12-15)21-18(30)11-14(2)26(7-9-28)23(21)32/h3-5,10-12,19,27-30H,6-9H2,1-2H3. The first-order valence-electron chi connectivity index (χ1n) is 10.0. The number of aliphatic hydroxyl groups is 2. The predicted octanol–water partition coefficient (Wildman–Crippen LogP) is 1.34. The molecule has 0 bridgehead atoms. The number of halogens is 1. The number of aromatic nitrogens is 2. The second-order valence-corrected chi connectivity index (χ2v) is 7.52. The number of hydrogen-bond donors (Lipinski definition) is 4. The minimum Gasteiger partial charge on any atom is -0.507 e. The van der Waals surface area contributed by atoms with Crippen molar-refractivity contribution in [1.82, 2.24) is 9.13 Å². The summed E-state index contributed by atoms with van der Waals surface area (Å²) in [4.78, 5) is 26.7. The van der Waals surface area contributed by atoms with Gasteiger partial charge in [0.25, 0.3) is 11.1 Å². The molecule has 2 heterocycles. The van der Waals surface area contributed by atoms with Crippen molar-refractivity contribution in [2.24, 2.45) is 0 Å². The Labute approximate surface area is 183 Å². The van der Waals surface area contributed by atoms with Crippen LogP contribution < -0.4 is 11.1 Å². The Morgan fingerprint density at radius 2 is 1.31 bits per heavy atom.